The zero-order chi connectivity index (χ0) is 22.6. The Bertz CT molecular complexity index is 999. The molecule has 2 aromatic carbocycles. The van der Waals surface area contributed by atoms with E-state index in [4.69, 9.17) is 0 Å². The molecule has 1 aromatic heterocycles. The zero-order valence-electron chi connectivity index (χ0n) is 18.2. The zero-order valence-corrected chi connectivity index (χ0v) is 18.2. The topological polar surface area (TPSA) is 32.3 Å². The number of aromatic nitrogens is 2. The number of hydrogen-bond acceptors (Lipinski definition) is 4. The molecule has 0 amide bonds. The van der Waals surface area contributed by atoms with Gasteiger partial charge in [-0.25, -0.2) is 4.98 Å². The van der Waals surface area contributed by atoms with E-state index in [1.165, 1.54) is 10.5 Å². The largest absolute Gasteiger partial charge is 0.421 e. The van der Waals surface area contributed by atoms with Crippen molar-refractivity contribution in [2.75, 3.05) is 23.9 Å². The molecule has 3 aromatic rings. The summed E-state index contributed by atoms with van der Waals surface area (Å²) < 4.78 is 41.1. The summed E-state index contributed by atoms with van der Waals surface area (Å²) in [6.45, 7) is 4.15. The highest BCUT2D eigenvalue weighted by Gasteiger charge is 2.37. The fourth-order valence-corrected chi connectivity index (χ4v) is 3.35. The van der Waals surface area contributed by atoms with Crippen LogP contribution in [0.4, 0.5) is 36.3 Å². The van der Waals surface area contributed by atoms with Crippen molar-refractivity contribution in [2.24, 2.45) is 0 Å². The summed E-state index contributed by atoms with van der Waals surface area (Å²) in [6, 6.07) is 15.3. The molecule has 0 unspecified atom stereocenters. The summed E-state index contributed by atoms with van der Waals surface area (Å²) >= 11 is 0. The number of hydrogen-bond donors (Lipinski definition) is 0. The molecule has 0 aliphatic carbocycles. The van der Waals surface area contributed by atoms with E-state index in [2.05, 4.69) is 23.8 Å². The van der Waals surface area contributed by atoms with Crippen LogP contribution in [0.3, 0.4) is 0 Å². The van der Waals surface area contributed by atoms with Gasteiger partial charge in [0.05, 0.1) is 0 Å². The summed E-state index contributed by atoms with van der Waals surface area (Å²) in [5.41, 5.74) is 2.89. The number of rotatable bonds is 7. The lowest BCUT2D eigenvalue weighted by Gasteiger charge is -2.25. The van der Waals surface area contributed by atoms with Gasteiger partial charge in [0.2, 0.25) is 5.95 Å². The summed E-state index contributed by atoms with van der Waals surface area (Å²) in [5.74, 6) is 0.0134. The third-order valence-corrected chi connectivity index (χ3v) is 5.27. The smallest absolute Gasteiger partial charge is 0.329 e. The number of alkyl halides is 3. The maximum Gasteiger partial charge on any atom is 0.421 e. The Morgan fingerprint density at radius 1 is 0.806 bits per heavy atom. The van der Waals surface area contributed by atoms with E-state index in [0.717, 1.165) is 36.7 Å². The van der Waals surface area contributed by atoms with E-state index in [9.17, 15) is 13.2 Å². The van der Waals surface area contributed by atoms with Crippen LogP contribution in [-0.2, 0) is 19.0 Å². The van der Waals surface area contributed by atoms with Crippen molar-refractivity contribution in [3.63, 3.8) is 0 Å². The van der Waals surface area contributed by atoms with E-state index in [1.807, 2.05) is 48.5 Å². The second-order valence-electron chi connectivity index (χ2n) is 7.46. The quantitative estimate of drug-likeness (QED) is 0.427. The van der Waals surface area contributed by atoms with Gasteiger partial charge in [-0.3, -0.25) is 0 Å². The number of anilines is 4. The first-order chi connectivity index (χ1) is 14.7. The highest BCUT2D eigenvalue weighted by molar-refractivity contribution is 5.66. The molecule has 0 aliphatic heterocycles. The van der Waals surface area contributed by atoms with Crippen molar-refractivity contribution < 1.29 is 13.2 Å². The molecule has 0 spiro atoms. The molecule has 7 heteroatoms. The monoisotopic (exact) mass is 428 g/mol. The molecule has 0 saturated heterocycles. The van der Waals surface area contributed by atoms with Crippen LogP contribution in [0.25, 0.3) is 0 Å². The van der Waals surface area contributed by atoms with E-state index < -0.39 is 11.7 Å². The molecule has 164 valence electrons. The van der Waals surface area contributed by atoms with Crippen LogP contribution < -0.4 is 9.80 Å². The van der Waals surface area contributed by atoms with Gasteiger partial charge in [0, 0.05) is 31.7 Å². The van der Waals surface area contributed by atoms with Gasteiger partial charge in [-0.05, 0) is 48.2 Å². The average molecular weight is 429 g/mol. The van der Waals surface area contributed by atoms with E-state index in [-0.39, 0.29) is 11.8 Å². The number of benzene rings is 2. The van der Waals surface area contributed by atoms with Crippen molar-refractivity contribution >= 4 is 23.1 Å². The molecule has 0 bridgehead atoms. The highest BCUT2D eigenvalue weighted by Crippen LogP contribution is 2.38. The molecule has 0 atom stereocenters. The van der Waals surface area contributed by atoms with Crippen LogP contribution in [0.15, 0.2) is 54.7 Å². The van der Waals surface area contributed by atoms with Gasteiger partial charge < -0.3 is 9.80 Å². The lowest BCUT2D eigenvalue weighted by Crippen LogP contribution is -2.21. The minimum atomic E-state index is -4.56. The van der Waals surface area contributed by atoms with Gasteiger partial charge in [-0.2, -0.15) is 18.2 Å². The van der Waals surface area contributed by atoms with Crippen LogP contribution in [0.2, 0.25) is 0 Å². The molecular formula is C24H27F3N4. The molecule has 31 heavy (non-hydrogen) atoms. The predicted molar refractivity (Wildman–Crippen MR) is 119 cm³/mol. The Kier molecular flexibility index (Phi) is 6.83. The van der Waals surface area contributed by atoms with Gasteiger partial charge >= 0.3 is 6.18 Å². The third-order valence-electron chi connectivity index (χ3n) is 5.27. The SMILES string of the molecule is CCCc1ccc(N(C)c2nc(N(C)c3ccc(CC)cc3)ncc2C(F)(F)F)cc1. The van der Waals surface area contributed by atoms with Crippen molar-refractivity contribution in [1.82, 2.24) is 9.97 Å². The molecule has 3 rings (SSSR count). The van der Waals surface area contributed by atoms with E-state index in [0.29, 0.717) is 5.69 Å². The predicted octanol–water partition coefficient (Wildman–Crippen LogP) is 6.55. The third kappa shape index (κ3) is 5.16. The highest BCUT2D eigenvalue weighted by atomic mass is 19.4. The molecule has 0 N–H and O–H groups in total. The van der Waals surface area contributed by atoms with Gasteiger partial charge in [0.25, 0.3) is 0 Å². The Morgan fingerprint density at radius 2 is 1.35 bits per heavy atom. The van der Waals surface area contributed by atoms with Crippen LogP contribution in [0.1, 0.15) is 37.0 Å². The van der Waals surface area contributed by atoms with Crippen molar-refractivity contribution in [3.8, 4) is 0 Å². The standard InChI is InChI=1S/C24H27F3N4/c1-5-7-18-10-14-19(15-11-18)30(3)22-21(24(25,26)27)16-28-23(29-22)31(4)20-12-8-17(6-2)9-13-20/h8-16H,5-7H2,1-4H3. The van der Waals surface area contributed by atoms with Gasteiger partial charge in [-0.1, -0.05) is 44.5 Å². The Balaban J connectivity index is 2.00. The average Bonchev–Trinajstić information content (AvgIpc) is 2.78. The van der Waals surface area contributed by atoms with Gasteiger partial charge in [0.15, 0.2) is 5.82 Å². The van der Waals surface area contributed by atoms with Crippen molar-refractivity contribution in [1.29, 1.82) is 0 Å². The summed E-state index contributed by atoms with van der Waals surface area (Å²) in [7, 11) is 3.33. The molecule has 4 nitrogen and oxygen atoms in total. The molecule has 0 aliphatic rings. The second-order valence-corrected chi connectivity index (χ2v) is 7.46. The van der Waals surface area contributed by atoms with Gasteiger partial charge in [0.1, 0.15) is 5.56 Å². The molecule has 0 radical (unpaired) electrons. The maximum absolute atomic E-state index is 13.7. The van der Waals surface area contributed by atoms with E-state index in [1.54, 1.807) is 19.0 Å². The van der Waals surface area contributed by atoms with E-state index >= 15 is 0 Å². The minimum Gasteiger partial charge on any atom is -0.329 e. The van der Waals surface area contributed by atoms with Gasteiger partial charge in [-0.15, -0.1) is 0 Å². The Labute approximate surface area is 181 Å². The number of halogens is 3. The normalized spacial score (nSPS) is 11.5. The first-order valence-corrected chi connectivity index (χ1v) is 10.3. The number of aryl methyl sites for hydroxylation is 2. The Morgan fingerprint density at radius 3 is 1.87 bits per heavy atom. The van der Waals surface area contributed by atoms with Crippen LogP contribution in [0.5, 0.6) is 0 Å². The summed E-state index contributed by atoms with van der Waals surface area (Å²) in [4.78, 5) is 11.5. The molecular weight excluding hydrogens is 401 g/mol. The molecule has 0 fully saturated rings. The fraction of sp³-hybridized carbons (Fsp3) is 0.333. The Hall–Kier alpha value is -3.09. The van der Waals surface area contributed by atoms with Crippen LogP contribution >= 0.6 is 0 Å². The van der Waals surface area contributed by atoms with Crippen molar-refractivity contribution in [3.05, 3.63) is 71.4 Å². The minimum absolute atomic E-state index is 0.183. The molecule has 1 heterocycles. The van der Waals surface area contributed by atoms with Crippen LogP contribution in [0, 0.1) is 0 Å². The van der Waals surface area contributed by atoms with Crippen LogP contribution in [-0.4, -0.2) is 24.1 Å². The lowest BCUT2D eigenvalue weighted by atomic mass is 10.1. The molecule has 0 saturated carbocycles. The summed E-state index contributed by atoms with van der Waals surface area (Å²) in [6.07, 6.45) is -0.861. The van der Waals surface area contributed by atoms with Crippen molar-refractivity contribution in [2.45, 2.75) is 39.3 Å². The lowest BCUT2D eigenvalue weighted by molar-refractivity contribution is -0.137. The maximum atomic E-state index is 13.7. The second kappa shape index (κ2) is 9.37. The number of nitrogens with zero attached hydrogens (tertiary/aromatic N) is 4. The first-order valence-electron chi connectivity index (χ1n) is 10.3. The fourth-order valence-electron chi connectivity index (χ4n) is 3.35. The summed E-state index contributed by atoms with van der Waals surface area (Å²) in [5, 5.41) is 0. The first kappa shape index (κ1) is 22.6.